The third kappa shape index (κ3) is 3.00. The van der Waals surface area contributed by atoms with Crippen LogP contribution in [0.2, 0.25) is 0 Å². The van der Waals surface area contributed by atoms with Crippen molar-refractivity contribution in [3.05, 3.63) is 35.9 Å². The Morgan fingerprint density at radius 3 is 2.94 bits per heavy atom. The van der Waals surface area contributed by atoms with Crippen molar-refractivity contribution in [1.29, 1.82) is 0 Å². The number of benzene rings is 1. The van der Waals surface area contributed by atoms with Crippen molar-refractivity contribution < 1.29 is 4.74 Å². The Morgan fingerprint density at radius 2 is 2.19 bits per heavy atom. The largest absolute Gasteiger partial charge is 0.383 e. The van der Waals surface area contributed by atoms with E-state index in [2.05, 4.69) is 47.0 Å². The third-order valence-corrected chi connectivity index (χ3v) is 4.03. The lowest BCUT2D eigenvalue weighted by atomic mass is 10.1. The summed E-state index contributed by atoms with van der Waals surface area (Å²) in [5.41, 5.74) is 1.44. The normalized spacial score (nSPS) is 22.2. The minimum absolute atomic E-state index is 0.565. The molecule has 1 aliphatic rings. The number of hydrogen-bond donors (Lipinski definition) is 0. The fraction of sp³-hybridized carbons (Fsp3) is 0.538. The summed E-state index contributed by atoms with van der Waals surface area (Å²) in [6, 6.07) is 11.4. The molecule has 0 aliphatic carbocycles. The van der Waals surface area contributed by atoms with Gasteiger partial charge in [0.15, 0.2) is 0 Å². The topological polar surface area (TPSA) is 12.5 Å². The Bertz CT molecular complexity index is 304. The zero-order chi connectivity index (χ0) is 11.2. The molecule has 1 aromatic carbocycles. The van der Waals surface area contributed by atoms with E-state index in [1.54, 1.807) is 7.11 Å². The van der Waals surface area contributed by atoms with Crippen LogP contribution < -0.4 is 0 Å². The number of rotatable bonds is 4. The summed E-state index contributed by atoms with van der Waals surface area (Å²) < 4.78 is 5.18. The maximum atomic E-state index is 5.18. The summed E-state index contributed by atoms with van der Waals surface area (Å²) in [5, 5.41) is 0. The monoisotopic (exact) mass is 237 g/mol. The highest BCUT2D eigenvalue weighted by molar-refractivity contribution is 7.99. The molecule has 2 rings (SSSR count). The lowest BCUT2D eigenvalue weighted by molar-refractivity contribution is 0.128. The summed E-state index contributed by atoms with van der Waals surface area (Å²) in [6.45, 7) is 3.04. The average molecular weight is 237 g/mol. The molecule has 0 aromatic heterocycles. The Hall–Kier alpha value is -0.510. The van der Waals surface area contributed by atoms with Crippen LogP contribution in [-0.2, 0) is 4.74 Å². The lowest BCUT2D eigenvalue weighted by Gasteiger charge is -2.35. The molecule has 0 amide bonds. The van der Waals surface area contributed by atoms with Gasteiger partial charge in [-0.3, -0.25) is 4.90 Å². The maximum Gasteiger partial charge on any atom is 0.0589 e. The van der Waals surface area contributed by atoms with Gasteiger partial charge in [-0.2, -0.15) is 11.8 Å². The average Bonchev–Trinajstić information content (AvgIpc) is 2.38. The van der Waals surface area contributed by atoms with Gasteiger partial charge in [0.2, 0.25) is 0 Å². The number of hydrogen-bond acceptors (Lipinski definition) is 3. The molecule has 1 aromatic rings. The van der Waals surface area contributed by atoms with Crippen molar-refractivity contribution in [2.45, 2.75) is 6.04 Å². The minimum Gasteiger partial charge on any atom is -0.383 e. The molecule has 1 heterocycles. The molecule has 0 spiro atoms. The molecule has 3 heteroatoms. The first-order valence-electron chi connectivity index (χ1n) is 5.77. The molecule has 16 heavy (non-hydrogen) atoms. The number of nitrogens with zero attached hydrogens (tertiary/aromatic N) is 1. The molecular formula is C13H19NOS. The highest BCUT2D eigenvalue weighted by Crippen LogP contribution is 2.28. The van der Waals surface area contributed by atoms with Gasteiger partial charge in [0, 0.05) is 37.7 Å². The van der Waals surface area contributed by atoms with Crippen molar-refractivity contribution in [1.82, 2.24) is 4.90 Å². The van der Waals surface area contributed by atoms with Gasteiger partial charge in [-0.05, 0) is 5.56 Å². The highest BCUT2D eigenvalue weighted by atomic mass is 32.2. The first-order valence-corrected chi connectivity index (χ1v) is 6.93. The van der Waals surface area contributed by atoms with Gasteiger partial charge in [0.1, 0.15) is 0 Å². The van der Waals surface area contributed by atoms with Crippen LogP contribution in [0.25, 0.3) is 0 Å². The molecular weight excluding hydrogens is 218 g/mol. The van der Waals surface area contributed by atoms with Crippen LogP contribution >= 0.6 is 11.8 Å². The molecule has 0 radical (unpaired) electrons. The van der Waals surface area contributed by atoms with E-state index < -0.39 is 0 Å². The lowest BCUT2D eigenvalue weighted by Crippen LogP contribution is -2.38. The van der Waals surface area contributed by atoms with E-state index in [0.29, 0.717) is 6.04 Å². The third-order valence-electron chi connectivity index (χ3n) is 3.01. The van der Waals surface area contributed by atoms with Gasteiger partial charge in [0.05, 0.1) is 6.61 Å². The van der Waals surface area contributed by atoms with Gasteiger partial charge >= 0.3 is 0 Å². The van der Waals surface area contributed by atoms with Crippen LogP contribution in [0.4, 0.5) is 0 Å². The zero-order valence-electron chi connectivity index (χ0n) is 9.76. The quantitative estimate of drug-likeness (QED) is 0.798. The Labute approximate surface area is 102 Å². The van der Waals surface area contributed by atoms with Crippen LogP contribution in [0.1, 0.15) is 11.6 Å². The van der Waals surface area contributed by atoms with E-state index in [4.69, 9.17) is 4.74 Å². The minimum atomic E-state index is 0.565. The van der Waals surface area contributed by atoms with Gasteiger partial charge in [-0.15, -0.1) is 0 Å². The number of methoxy groups -OCH3 is 1. The zero-order valence-corrected chi connectivity index (χ0v) is 10.6. The second-order valence-electron chi connectivity index (χ2n) is 4.03. The molecule has 0 N–H and O–H groups in total. The maximum absolute atomic E-state index is 5.18. The fourth-order valence-electron chi connectivity index (χ4n) is 2.10. The van der Waals surface area contributed by atoms with Gasteiger partial charge in [-0.25, -0.2) is 0 Å². The van der Waals surface area contributed by atoms with Crippen molar-refractivity contribution in [3.8, 4) is 0 Å². The first-order chi connectivity index (χ1) is 7.92. The smallest absolute Gasteiger partial charge is 0.0589 e. The van der Waals surface area contributed by atoms with E-state index in [0.717, 1.165) is 13.2 Å². The van der Waals surface area contributed by atoms with Gasteiger partial charge in [-0.1, -0.05) is 30.3 Å². The highest BCUT2D eigenvalue weighted by Gasteiger charge is 2.23. The number of thioether (sulfide) groups is 1. The second kappa shape index (κ2) is 6.28. The van der Waals surface area contributed by atoms with E-state index in [9.17, 15) is 0 Å². The van der Waals surface area contributed by atoms with Crippen LogP contribution in [0, 0.1) is 0 Å². The predicted molar refractivity (Wildman–Crippen MR) is 70.0 cm³/mol. The predicted octanol–water partition coefficient (Wildman–Crippen LogP) is 2.42. The standard InChI is InChI=1S/C13H19NOS/c1-15-9-7-14-8-10-16-11-13(14)12-5-3-2-4-6-12/h2-6,13H,7-11H2,1H3. The van der Waals surface area contributed by atoms with E-state index in [-0.39, 0.29) is 0 Å². The molecule has 1 saturated heterocycles. The molecule has 1 fully saturated rings. The molecule has 0 bridgehead atoms. The summed E-state index contributed by atoms with van der Waals surface area (Å²) in [5.74, 6) is 2.45. The van der Waals surface area contributed by atoms with Crippen molar-refractivity contribution in [2.24, 2.45) is 0 Å². The Balaban J connectivity index is 2.04. The van der Waals surface area contributed by atoms with Crippen molar-refractivity contribution in [3.63, 3.8) is 0 Å². The molecule has 1 aliphatic heterocycles. The SMILES string of the molecule is COCCN1CCSCC1c1ccccc1. The van der Waals surface area contributed by atoms with Crippen molar-refractivity contribution in [2.75, 3.05) is 38.3 Å². The van der Waals surface area contributed by atoms with E-state index >= 15 is 0 Å². The molecule has 0 saturated carbocycles. The second-order valence-corrected chi connectivity index (χ2v) is 5.18. The summed E-state index contributed by atoms with van der Waals surface area (Å²) in [6.07, 6.45) is 0. The Kier molecular flexibility index (Phi) is 4.69. The molecule has 1 atom stereocenters. The van der Waals surface area contributed by atoms with Gasteiger partial charge in [0.25, 0.3) is 0 Å². The summed E-state index contributed by atoms with van der Waals surface area (Å²) in [7, 11) is 1.77. The molecule has 88 valence electrons. The van der Waals surface area contributed by atoms with E-state index in [1.807, 2.05) is 0 Å². The fourth-order valence-corrected chi connectivity index (χ4v) is 3.25. The van der Waals surface area contributed by atoms with E-state index in [1.165, 1.54) is 23.6 Å². The van der Waals surface area contributed by atoms with Crippen LogP contribution in [0.15, 0.2) is 30.3 Å². The summed E-state index contributed by atoms with van der Waals surface area (Å²) >= 11 is 2.05. The Morgan fingerprint density at radius 1 is 1.38 bits per heavy atom. The summed E-state index contributed by atoms with van der Waals surface area (Å²) in [4.78, 5) is 2.54. The molecule has 2 nitrogen and oxygen atoms in total. The first kappa shape index (κ1) is 12.0. The number of ether oxygens (including phenoxy) is 1. The van der Waals surface area contributed by atoms with Crippen LogP contribution in [0.3, 0.4) is 0 Å². The van der Waals surface area contributed by atoms with Gasteiger partial charge < -0.3 is 4.74 Å². The molecule has 1 unspecified atom stereocenters. The van der Waals surface area contributed by atoms with Crippen LogP contribution in [-0.4, -0.2) is 43.2 Å². The van der Waals surface area contributed by atoms with Crippen LogP contribution in [0.5, 0.6) is 0 Å². The van der Waals surface area contributed by atoms with Crippen molar-refractivity contribution >= 4 is 11.8 Å².